The van der Waals surface area contributed by atoms with Gasteiger partial charge in [-0.2, -0.15) is 0 Å². The number of methoxy groups -OCH3 is 1. The molecular weight excluding hydrogens is 340 g/mol. The maximum Gasteiger partial charge on any atom is 0.240 e. The molecule has 0 saturated carbocycles. The maximum absolute atomic E-state index is 12.6. The van der Waals surface area contributed by atoms with Crippen molar-refractivity contribution in [3.8, 4) is 5.75 Å². The van der Waals surface area contributed by atoms with Crippen molar-refractivity contribution in [3.63, 3.8) is 0 Å². The van der Waals surface area contributed by atoms with E-state index < -0.39 is 16.1 Å². The van der Waals surface area contributed by atoms with Crippen molar-refractivity contribution in [2.45, 2.75) is 24.3 Å². The number of carbonyl (C=O) groups is 1. The van der Waals surface area contributed by atoms with Gasteiger partial charge in [-0.15, -0.1) is 0 Å². The molecule has 0 bridgehead atoms. The largest absolute Gasteiger partial charge is 0.496 e. The number of benzene rings is 2. The van der Waals surface area contributed by atoms with E-state index in [9.17, 15) is 13.2 Å². The highest BCUT2D eigenvalue weighted by atomic mass is 32.2. The predicted octanol–water partition coefficient (Wildman–Crippen LogP) is 2.09. The number of para-hydroxylation sites is 1. The third kappa shape index (κ3) is 3.67. The second-order valence-electron chi connectivity index (χ2n) is 5.99. The number of ether oxygens (including phenoxy) is 1. The van der Waals surface area contributed by atoms with Crippen LogP contribution in [-0.4, -0.2) is 34.0 Å². The molecule has 1 aliphatic heterocycles. The van der Waals surface area contributed by atoms with E-state index in [0.717, 1.165) is 11.3 Å². The fourth-order valence-corrected chi connectivity index (χ4v) is 4.26. The van der Waals surface area contributed by atoms with Crippen molar-refractivity contribution in [2.75, 3.05) is 18.6 Å². The number of sulfonamides is 1. The SMILES string of the molecule is COc1ccc(S(=O)(=O)NC2CC(=O)N(c3ccccc3)C2)cc1C. The quantitative estimate of drug-likeness (QED) is 0.886. The van der Waals surface area contributed by atoms with Gasteiger partial charge in [0.05, 0.1) is 12.0 Å². The molecule has 7 heteroatoms. The summed E-state index contributed by atoms with van der Waals surface area (Å²) in [5.74, 6) is 0.537. The van der Waals surface area contributed by atoms with Crippen molar-refractivity contribution in [1.29, 1.82) is 0 Å². The molecule has 0 spiro atoms. The van der Waals surface area contributed by atoms with Gasteiger partial charge in [0.15, 0.2) is 0 Å². The summed E-state index contributed by atoms with van der Waals surface area (Å²) >= 11 is 0. The normalized spacial score (nSPS) is 17.8. The first kappa shape index (κ1) is 17.4. The monoisotopic (exact) mass is 360 g/mol. The van der Waals surface area contributed by atoms with Crippen molar-refractivity contribution in [3.05, 3.63) is 54.1 Å². The van der Waals surface area contributed by atoms with E-state index in [2.05, 4.69) is 4.72 Å². The van der Waals surface area contributed by atoms with E-state index in [1.165, 1.54) is 13.2 Å². The summed E-state index contributed by atoms with van der Waals surface area (Å²) in [7, 11) is -2.17. The zero-order valence-electron chi connectivity index (χ0n) is 14.1. The Balaban J connectivity index is 1.76. The van der Waals surface area contributed by atoms with E-state index in [-0.39, 0.29) is 17.2 Å². The Labute approximate surface area is 147 Å². The number of nitrogens with one attached hydrogen (secondary N) is 1. The molecule has 0 radical (unpaired) electrons. The Morgan fingerprint density at radius 3 is 2.52 bits per heavy atom. The highest BCUT2D eigenvalue weighted by Crippen LogP contribution is 2.24. The lowest BCUT2D eigenvalue weighted by atomic mass is 10.2. The van der Waals surface area contributed by atoms with Gasteiger partial charge in [-0.3, -0.25) is 4.79 Å². The number of rotatable bonds is 5. The van der Waals surface area contributed by atoms with E-state index in [0.29, 0.717) is 12.3 Å². The minimum atomic E-state index is -3.70. The topological polar surface area (TPSA) is 75.7 Å². The first-order chi connectivity index (χ1) is 11.9. The van der Waals surface area contributed by atoms with Crippen LogP contribution in [0.15, 0.2) is 53.4 Å². The molecule has 1 unspecified atom stereocenters. The molecule has 1 N–H and O–H groups in total. The van der Waals surface area contributed by atoms with Gasteiger partial charge in [-0.1, -0.05) is 18.2 Å². The van der Waals surface area contributed by atoms with Crippen molar-refractivity contribution >= 4 is 21.6 Å². The first-order valence-corrected chi connectivity index (χ1v) is 9.41. The van der Waals surface area contributed by atoms with Crippen LogP contribution in [0, 0.1) is 6.92 Å². The standard InChI is InChI=1S/C18H20N2O4S/c1-13-10-16(8-9-17(13)24-2)25(22,23)19-14-11-18(21)20(12-14)15-6-4-3-5-7-15/h3-10,14,19H,11-12H2,1-2H3. The molecule has 0 aromatic heterocycles. The van der Waals surface area contributed by atoms with Crippen LogP contribution >= 0.6 is 0 Å². The third-order valence-corrected chi connectivity index (χ3v) is 5.71. The van der Waals surface area contributed by atoms with E-state index in [1.807, 2.05) is 30.3 Å². The lowest BCUT2D eigenvalue weighted by molar-refractivity contribution is -0.117. The molecule has 1 saturated heterocycles. The summed E-state index contributed by atoms with van der Waals surface area (Å²) in [6.07, 6.45) is 0.142. The Morgan fingerprint density at radius 2 is 1.88 bits per heavy atom. The minimum absolute atomic E-state index is 0.0928. The zero-order valence-corrected chi connectivity index (χ0v) is 14.9. The Bertz CT molecular complexity index is 881. The lowest BCUT2D eigenvalue weighted by Gasteiger charge is -2.17. The average molecular weight is 360 g/mol. The minimum Gasteiger partial charge on any atom is -0.496 e. The van der Waals surface area contributed by atoms with Crippen molar-refractivity contribution in [2.24, 2.45) is 0 Å². The number of anilines is 1. The van der Waals surface area contributed by atoms with E-state index >= 15 is 0 Å². The van der Waals surface area contributed by atoms with E-state index in [1.54, 1.807) is 24.0 Å². The van der Waals surface area contributed by atoms with Crippen LogP contribution in [0.5, 0.6) is 5.75 Å². The number of hydrogen-bond donors (Lipinski definition) is 1. The lowest BCUT2D eigenvalue weighted by Crippen LogP contribution is -2.37. The molecular formula is C18H20N2O4S. The smallest absolute Gasteiger partial charge is 0.240 e. The molecule has 1 amide bonds. The predicted molar refractivity (Wildman–Crippen MR) is 95.3 cm³/mol. The molecule has 3 rings (SSSR count). The van der Waals surface area contributed by atoms with Gasteiger partial charge in [-0.05, 0) is 42.8 Å². The second kappa shape index (κ2) is 6.85. The molecule has 1 heterocycles. The van der Waals surface area contributed by atoms with Gasteiger partial charge in [0.2, 0.25) is 15.9 Å². The summed E-state index contributed by atoms with van der Waals surface area (Å²) in [5.41, 5.74) is 1.51. The van der Waals surface area contributed by atoms with Gasteiger partial charge < -0.3 is 9.64 Å². The molecule has 6 nitrogen and oxygen atoms in total. The number of amides is 1. The van der Waals surface area contributed by atoms with Crippen LogP contribution in [0.1, 0.15) is 12.0 Å². The first-order valence-electron chi connectivity index (χ1n) is 7.93. The van der Waals surface area contributed by atoms with E-state index in [4.69, 9.17) is 4.74 Å². The fraction of sp³-hybridized carbons (Fsp3) is 0.278. The molecule has 1 fully saturated rings. The fourth-order valence-electron chi connectivity index (χ4n) is 2.95. The van der Waals surface area contributed by atoms with Crippen LogP contribution < -0.4 is 14.4 Å². The molecule has 132 valence electrons. The average Bonchev–Trinajstić information content (AvgIpc) is 2.95. The Kier molecular flexibility index (Phi) is 4.78. The van der Waals surface area contributed by atoms with Crippen LogP contribution in [0.2, 0.25) is 0 Å². The summed E-state index contributed by atoms with van der Waals surface area (Å²) in [4.78, 5) is 14.0. The summed E-state index contributed by atoms with van der Waals surface area (Å²) in [5, 5.41) is 0. The van der Waals surface area contributed by atoms with Crippen molar-refractivity contribution in [1.82, 2.24) is 4.72 Å². The third-order valence-electron chi connectivity index (χ3n) is 4.19. The van der Waals surface area contributed by atoms with Crippen molar-refractivity contribution < 1.29 is 17.9 Å². The maximum atomic E-state index is 12.6. The number of nitrogens with zero attached hydrogens (tertiary/aromatic N) is 1. The summed E-state index contributed by atoms with van der Waals surface area (Å²) < 4.78 is 33.0. The molecule has 1 atom stereocenters. The molecule has 25 heavy (non-hydrogen) atoms. The zero-order chi connectivity index (χ0) is 18.0. The highest BCUT2D eigenvalue weighted by Gasteiger charge is 2.33. The summed E-state index contributed by atoms with van der Waals surface area (Å²) in [6, 6.07) is 13.5. The number of hydrogen-bond acceptors (Lipinski definition) is 4. The number of carbonyl (C=O) groups excluding carboxylic acids is 1. The number of aryl methyl sites for hydroxylation is 1. The molecule has 1 aliphatic rings. The van der Waals surface area contributed by atoms with Crippen LogP contribution in [0.3, 0.4) is 0 Å². The van der Waals surface area contributed by atoms with Crippen LogP contribution in [0.4, 0.5) is 5.69 Å². The molecule has 2 aromatic rings. The second-order valence-corrected chi connectivity index (χ2v) is 7.71. The van der Waals surface area contributed by atoms with Gasteiger partial charge >= 0.3 is 0 Å². The van der Waals surface area contributed by atoms with Crippen LogP contribution in [0.25, 0.3) is 0 Å². The van der Waals surface area contributed by atoms with Gasteiger partial charge in [-0.25, -0.2) is 13.1 Å². The van der Waals surface area contributed by atoms with Gasteiger partial charge in [0, 0.05) is 24.7 Å². The Hall–Kier alpha value is -2.38. The highest BCUT2D eigenvalue weighted by molar-refractivity contribution is 7.89. The molecule has 2 aromatic carbocycles. The Morgan fingerprint density at radius 1 is 1.16 bits per heavy atom. The van der Waals surface area contributed by atoms with Gasteiger partial charge in [0.1, 0.15) is 5.75 Å². The van der Waals surface area contributed by atoms with Gasteiger partial charge in [0.25, 0.3) is 0 Å². The van der Waals surface area contributed by atoms with Crippen LogP contribution in [-0.2, 0) is 14.8 Å². The molecule has 0 aliphatic carbocycles. The summed E-state index contributed by atoms with van der Waals surface area (Å²) in [6.45, 7) is 2.10.